The Morgan fingerprint density at radius 3 is 2.59 bits per heavy atom. The third-order valence-corrected chi connectivity index (χ3v) is 6.04. The van der Waals surface area contributed by atoms with E-state index in [9.17, 15) is 4.79 Å². The van der Waals surface area contributed by atoms with E-state index in [2.05, 4.69) is 65.7 Å². The topological polar surface area (TPSA) is 64.6 Å². The number of carbonyl (C=O) groups excluding carboxylic acids is 1. The molecule has 0 spiro atoms. The first-order chi connectivity index (χ1) is 14.1. The zero-order valence-corrected chi connectivity index (χ0v) is 17.7. The summed E-state index contributed by atoms with van der Waals surface area (Å²) in [6.45, 7) is 4.41. The van der Waals surface area contributed by atoms with Gasteiger partial charge in [0.15, 0.2) is 0 Å². The number of thiophene rings is 1. The smallest absolute Gasteiger partial charge is 0.234 e. The first-order valence-corrected chi connectivity index (χ1v) is 10.7. The Hall–Kier alpha value is -2.71. The van der Waals surface area contributed by atoms with Crippen molar-refractivity contribution in [3.63, 3.8) is 0 Å². The largest absolute Gasteiger partial charge is 0.378 e. The number of nitrogens with one attached hydrogen (secondary N) is 1. The van der Waals surface area contributed by atoms with E-state index in [1.54, 1.807) is 17.7 Å². The van der Waals surface area contributed by atoms with E-state index in [0.29, 0.717) is 13.1 Å². The molecule has 3 heterocycles. The van der Waals surface area contributed by atoms with Gasteiger partial charge in [-0.2, -0.15) is 0 Å². The molecule has 1 aliphatic heterocycles. The van der Waals surface area contributed by atoms with Gasteiger partial charge in [-0.3, -0.25) is 9.69 Å². The molecule has 0 radical (unpaired) electrons. The average Bonchev–Trinajstić information content (AvgIpc) is 3.22. The third kappa shape index (κ3) is 4.65. The molecule has 0 atom stereocenters. The van der Waals surface area contributed by atoms with Gasteiger partial charge in [0.25, 0.3) is 0 Å². The SMILES string of the molecule is CN(C)c1ccc(CNC(=O)CN2CCN(c3ncnc4sccc34)CC2)cc1. The van der Waals surface area contributed by atoms with E-state index in [4.69, 9.17) is 0 Å². The summed E-state index contributed by atoms with van der Waals surface area (Å²) in [6.07, 6.45) is 1.64. The summed E-state index contributed by atoms with van der Waals surface area (Å²) in [4.78, 5) is 28.7. The number of amides is 1. The molecule has 1 fully saturated rings. The molecule has 1 amide bonds. The van der Waals surface area contributed by atoms with E-state index in [-0.39, 0.29) is 5.91 Å². The molecule has 152 valence electrons. The fourth-order valence-electron chi connectivity index (χ4n) is 3.52. The number of benzene rings is 1. The van der Waals surface area contributed by atoms with Crippen molar-refractivity contribution >= 4 is 39.0 Å². The van der Waals surface area contributed by atoms with Crippen molar-refractivity contribution in [1.29, 1.82) is 0 Å². The quantitative estimate of drug-likeness (QED) is 0.672. The van der Waals surface area contributed by atoms with Crippen LogP contribution in [0, 0.1) is 0 Å². The maximum Gasteiger partial charge on any atom is 0.234 e. The Labute approximate surface area is 175 Å². The Morgan fingerprint density at radius 2 is 1.86 bits per heavy atom. The van der Waals surface area contributed by atoms with Crippen LogP contribution in [0.25, 0.3) is 10.2 Å². The fraction of sp³-hybridized carbons (Fsp3) is 0.381. The Kier molecular flexibility index (Phi) is 5.92. The van der Waals surface area contributed by atoms with Crippen molar-refractivity contribution in [3.05, 3.63) is 47.6 Å². The molecule has 7 nitrogen and oxygen atoms in total. The molecular formula is C21H26N6OS. The standard InChI is InChI=1S/C21H26N6OS/c1-25(2)17-5-3-16(4-6-17)13-22-19(28)14-26-8-10-27(11-9-26)20-18-7-12-29-21(18)24-15-23-20/h3-7,12,15H,8-11,13-14H2,1-2H3,(H,22,28). The lowest BCUT2D eigenvalue weighted by molar-refractivity contribution is -0.122. The van der Waals surface area contributed by atoms with Gasteiger partial charge in [0.05, 0.1) is 11.9 Å². The van der Waals surface area contributed by atoms with Gasteiger partial charge in [-0.05, 0) is 29.1 Å². The zero-order chi connectivity index (χ0) is 20.2. The fourth-order valence-corrected chi connectivity index (χ4v) is 4.25. The van der Waals surface area contributed by atoms with E-state index < -0.39 is 0 Å². The highest BCUT2D eigenvalue weighted by atomic mass is 32.1. The van der Waals surface area contributed by atoms with Crippen molar-refractivity contribution in [2.45, 2.75) is 6.54 Å². The number of anilines is 2. The van der Waals surface area contributed by atoms with Crippen LogP contribution in [-0.4, -0.2) is 67.6 Å². The molecule has 0 unspecified atom stereocenters. The maximum absolute atomic E-state index is 12.4. The van der Waals surface area contributed by atoms with Crippen molar-refractivity contribution in [3.8, 4) is 0 Å². The van der Waals surface area contributed by atoms with Gasteiger partial charge in [-0.25, -0.2) is 9.97 Å². The molecule has 3 aromatic rings. The van der Waals surface area contributed by atoms with Crippen LogP contribution in [0.5, 0.6) is 0 Å². The minimum absolute atomic E-state index is 0.0670. The maximum atomic E-state index is 12.4. The second kappa shape index (κ2) is 8.75. The number of hydrogen-bond donors (Lipinski definition) is 1. The van der Waals surface area contributed by atoms with Crippen LogP contribution < -0.4 is 15.1 Å². The zero-order valence-electron chi connectivity index (χ0n) is 16.8. The summed E-state index contributed by atoms with van der Waals surface area (Å²) in [7, 11) is 4.04. The molecule has 1 saturated heterocycles. The van der Waals surface area contributed by atoms with Crippen LogP contribution in [0.3, 0.4) is 0 Å². The van der Waals surface area contributed by atoms with E-state index in [1.165, 1.54) is 0 Å². The molecule has 1 aliphatic rings. The number of hydrogen-bond acceptors (Lipinski definition) is 7. The van der Waals surface area contributed by atoms with Gasteiger partial charge >= 0.3 is 0 Å². The third-order valence-electron chi connectivity index (χ3n) is 5.22. The highest BCUT2D eigenvalue weighted by Gasteiger charge is 2.21. The summed E-state index contributed by atoms with van der Waals surface area (Å²) in [5.74, 6) is 1.07. The van der Waals surface area contributed by atoms with Gasteiger partial charge in [-0.15, -0.1) is 11.3 Å². The number of aromatic nitrogens is 2. The monoisotopic (exact) mass is 410 g/mol. The average molecular weight is 411 g/mol. The number of piperazine rings is 1. The molecule has 0 bridgehead atoms. The first-order valence-electron chi connectivity index (χ1n) is 9.78. The molecule has 8 heteroatoms. The van der Waals surface area contributed by atoms with Gasteiger partial charge in [0.1, 0.15) is 17.0 Å². The Balaban J connectivity index is 1.25. The summed E-state index contributed by atoms with van der Waals surface area (Å²) in [5.41, 5.74) is 2.26. The number of rotatable bonds is 6. The first kappa shape index (κ1) is 19.6. The predicted molar refractivity (Wildman–Crippen MR) is 119 cm³/mol. The molecule has 4 rings (SSSR count). The van der Waals surface area contributed by atoms with Crippen LogP contribution in [0.4, 0.5) is 11.5 Å². The molecule has 29 heavy (non-hydrogen) atoms. The van der Waals surface area contributed by atoms with Gasteiger partial charge in [0.2, 0.25) is 5.91 Å². The number of carbonyl (C=O) groups is 1. The lowest BCUT2D eigenvalue weighted by Gasteiger charge is -2.35. The lowest BCUT2D eigenvalue weighted by atomic mass is 10.2. The molecule has 1 N–H and O–H groups in total. The Bertz CT molecular complexity index is 963. The van der Waals surface area contributed by atoms with Gasteiger partial charge < -0.3 is 15.1 Å². The highest BCUT2D eigenvalue weighted by Crippen LogP contribution is 2.27. The summed E-state index contributed by atoms with van der Waals surface area (Å²) >= 11 is 1.64. The van der Waals surface area contributed by atoms with Crippen molar-refractivity contribution < 1.29 is 4.79 Å². The summed E-state index contributed by atoms with van der Waals surface area (Å²) in [6, 6.07) is 10.3. The molecule has 2 aromatic heterocycles. The number of nitrogens with zero attached hydrogens (tertiary/aromatic N) is 5. The molecule has 0 aliphatic carbocycles. The second-order valence-corrected chi connectivity index (χ2v) is 8.33. The van der Waals surface area contributed by atoms with Gasteiger partial charge in [0, 0.05) is 52.5 Å². The van der Waals surface area contributed by atoms with Crippen molar-refractivity contribution in [1.82, 2.24) is 20.2 Å². The highest BCUT2D eigenvalue weighted by molar-refractivity contribution is 7.16. The van der Waals surface area contributed by atoms with E-state index >= 15 is 0 Å². The number of fused-ring (bicyclic) bond motifs is 1. The van der Waals surface area contributed by atoms with Crippen molar-refractivity contribution in [2.24, 2.45) is 0 Å². The minimum atomic E-state index is 0.0670. The van der Waals surface area contributed by atoms with Crippen LogP contribution >= 0.6 is 11.3 Å². The Morgan fingerprint density at radius 1 is 1.10 bits per heavy atom. The van der Waals surface area contributed by atoms with Crippen LogP contribution in [0.15, 0.2) is 42.0 Å². The van der Waals surface area contributed by atoms with E-state index in [0.717, 1.165) is 53.5 Å². The molecular weight excluding hydrogens is 384 g/mol. The molecule has 0 saturated carbocycles. The summed E-state index contributed by atoms with van der Waals surface area (Å²) < 4.78 is 0. The van der Waals surface area contributed by atoms with Crippen LogP contribution in [0.2, 0.25) is 0 Å². The van der Waals surface area contributed by atoms with Crippen molar-refractivity contribution in [2.75, 3.05) is 56.6 Å². The second-order valence-electron chi connectivity index (χ2n) is 7.44. The van der Waals surface area contributed by atoms with Crippen LogP contribution in [0.1, 0.15) is 5.56 Å². The normalized spacial score (nSPS) is 14.9. The lowest BCUT2D eigenvalue weighted by Crippen LogP contribution is -2.49. The van der Waals surface area contributed by atoms with Crippen LogP contribution in [-0.2, 0) is 11.3 Å². The van der Waals surface area contributed by atoms with Gasteiger partial charge in [-0.1, -0.05) is 12.1 Å². The molecule has 1 aromatic carbocycles. The van der Waals surface area contributed by atoms with E-state index in [1.807, 2.05) is 14.1 Å². The summed E-state index contributed by atoms with van der Waals surface area (Å²) in [5, 5.41) is 6.20. The minimum Gasteiger partial charge on any atom is -0.378 e. The predicted octanol–water partition coefficient (Wildman–Crippen LogP) is 2.20.